The Kier molecular flexibility index (Phi) is 5.78. The Morgan fingerprint density at radius 3 is 2.83 bits per heavy atom. The number of aryl methyl sites for hydroxylation is 1. The third kappa shape index (κ3) is 4.41. The van der Waals surface area contributed by atoms with Crippen molar-refractivity contribution in [2.75, 3.05) is 12.1 Å². The molecular formula is C23H21N3O2S. The summed E-state index contributed by atoms with van der Waals surface area (Å²) in [7, 11) is 0. The lowest BCUT2D eigenvalue weighted by Gasteiger charge is -2.04. The van der Waals surface area contributed by atoms with E-state index < -0.39 is 0 Å². The van der Waals surface area contributed by atoms with Crippen LogP contribution in [0.4, 0.5) is 5.69 Å². The fourth-order valence-electron chi connectivity index (χ4n) is 3.03. The van der Waals surface area contributed by atoms with E-state index in [0.717, 1.165) is 34.9 Å². The highest BCUT2D eigenvalue weighted by molar-refractivity contribution is 7.11. The summed E-state index contributed by atoms with van der Waals surface area (Å²) in [6.45, 7) is 2.44. The number of anilines is 1. The number of ether oxygens (including phenoxy) is 2. The summed E-state index contributed by atoms with van der Waals surface area (Å²) < 4.78 is 10.8. The molecular weight excluding hydrogens is 382 g/mol. The Balaban J connectivity index is 1.47. The lowest BCUT2D eigenvalue weighted by atomic mass is 10.1. The maximum Gasteiger partial charge on any atom is 0.231 e. The number of nitrogens with zero attached hydrogens (tertiary/aromatic N) is 2. The minimum absolute atomic E-state index is 0.244. The molecule has 1 aliphatic heterocycles. The van der Waals surface area contributed by atoms with E-state index in [2.05, 4.69) is 35.4 Å². The van der Waals surface area contributed by atoms with Crippen LogP contribution in [-0.2, 0) is 6.42 Å². The van der Waals surface area contributed by atoms with Crippen LogP contribution in [0.2, 0.25) is 0 Å². The Hall–Kier alpha value is -3.30. The summed E-state index contributed by atoms with van der Waals surface area (Å²) in [6.07, 6.45) is 5.19. The topological polar surface area (TPSA) is 67.2 Å². The molecule has 0 saturated heterocycles. The van der Waals surface area contributed by atoms with Gasteiger partial charge in [-0.1, -0.05) is 25.5 Å². The molecule has 5 nitrogen and oxygen atoms in total. The number of fused-ring (bicyclic) bond motifs is 1. The van der Waals surface area contributed by atoms with Crippen molar-refractivity contribution >= 4 is 22.6 Å². The van der Waals surface area contributed by atoms with Crippen molar-refractivity contribution in [3.63, 3.8) is 0 Å². The highest BCUT2D eigenvalue weighted by atomic mass is 32.1. The number of nitrogens with one attached hydrogen (secondary N) is 1. The highest BCUT2D eigenvalue weighted by Gasteiger charge is 2.15. The quantitative estimate of drug-likeness (QED) is 0.501. The Morgan fingerprint density at radius 2 is 2.03 bits per heavy atom. The summed E-state index contributed by atoms with van der Waals surface area (Å²) in [6, 6.07) is 16.3. The van der Waals surface area contributed by atoms with Crippen LogP contribution in [0.25, 0.3) is 16.8 Å². The van der Waals surface area contributed by atoms with Crippen molar-refractivity contribution in [2.45, 2.75) is 26.2 Å². The van der Waals surface area contributed by atoms with Crippen molar-refractivity contribution < 1.29 is 9.47 Å². The Labute approximate surface area is 174 Å². The van der Waals surface area contributed by atoms with Gasteiger partial charge in [0.15, 0.2) is 11.5 Å². The molecule has 0 bridgehead atoms. The van der Waals surface area contributed by atoms with Crippen LogP contribution in [0.3, 0.4) is 0 Å². The Morgan fingerprint density at radius 1 is 1.21 bits per heavy atom. The minimum Gasteiger partial charge on any atom is -0.454 e. The van der Waals surface area contributed by atoms with Crippen molar-refractivity contribution in [2.24, 2.45) is 0 Å². The van der Waals surface area contributed by atoms with E-state index in [-0.39, 0.29) is 6.79 Å². The van der Waals surface area contributed by atoms with Crippen molar-refractivity contribution in [3.8, 4) is 28.8 Å². The molecule has 0 saturated carbocycles. The number of rotatable bonds is 7. The number of nitriles is 1. The van der Waals surface area contributed by atoms with Crippen LogP contribution >= 0.6 is 11.3 Å². The summed E-state index contributed by atoms with van der Waals surface area (Å²) in [4.78, 5) is 4.63. The third-order valence-electron chi connectivity index (χ3n) is 4.68. The van der Waals surface area contributed by atoms with Gasteiger partial charge < -0.3 is 14.8 Å². The van der Waals surface area contributed by atoms with E-state index in [1.165, 1.54) is 29.7 Å². The molecule has 1 aliphatic rings. The van der Waals surface area contributed by atoms with Crippen LogP contribution in [-0.4, -0.2) is 11.8 Å². The van der Waals surface area contributed by atoms with E-state index in [4.69, 9.17) is 9.47 Å². The van der Waals surface area contributed by atoms with Gasteiger partial charge in [0.25, 0.3) is 0 Å². The van der Waals surface area contributed by atoms with Crippen LogP contribution in [0.1, 0.15) is 30.3 Å². The first-order chi connectivity index (χ1) is 14.3. The monoisotopic (exact) mass is 403 g/mol. The third-order valence-corrected chi connectivity index (χ3v) is 5.56. The van der Waals surface area contributed by atoms with Crippen LogP contribution < -0.4 is 14.8 Å². The maximum atomic E-state index is 9.58. The fraction of sp³-hybridized carbons (Fsp3) is 0.217. The summed E-state index contributed by atoms with van der Waals surface area (Å²) in [5.41, 5.74) is 4.52. The molecule has 2 heterocycles. The van der Waals surface area contributed by atoms with Gasteiger partial charge >= 0.3 is 0 Å². The van der Waals surface area contributed by atoms with Gasteiger partial charge in [0.1, 0.15) is 16.6 Å². The zero-order valence-corrected chi connectivity index (χ0v) is 17.0. The first-order valence-electron chi connectivity index (χ1n) is 9.58. The maximum absolute atomic E-state index is 9.58. The molecule has 0 amide bonds. The predicted molar refractivity (Wildman–Crippen MR) is 116 cm³/mol. The molecule has 3 aromatic rings. The average Bonchev–Trinajstić information content (AvgIpc) is 3.43. The molecule has 146 valence electrons. The van der Waals surface area contributed by atoms with Gasteiger partial charge in [0.05, 0.1) is 5.69 Å². The lowest BCUT2D eigenvalue weighted by Crippen LogP contribution is -1.92. The summed E-state index contributed by atoms with van der Waals surface area (Å²) in [5, 5.41) is 15.4. The normalized spacial score (nSPS) is 12.6. The number of benzene rings is 2. The zero-order chi connectivity index (χ0) is 20.1. The van der Waals surface area contributed by atoms with Crippen molar-refractivity contribution in [1.82, 2.24) is 4.98 Å². The first-order valence-corrected chi connectivity index (χ1v) is 10.5. The highest BCUT2D eigenvalue weighted by Crippen LogP contribution is 2.36. The number of unbranched alkanes of at least 4 members (excludes halogenated alkanes) is 1. The van der Waals surface area contributed by atoms with E-state index in [1.54, 1.807) is 6.20 Å². The van der Waals surface area contributed by atoms with Crippen molar-refractivity contribution in [3.05, 3.63) is 64.6 Å². The second kappa shape index (κ2) is 8.80. The molecule has 0 aliphatic carbocycles. The molecule has 0 radical (unpaired) electrons. The van der Waals surface area contributed by atoms with E-state index >= 15 is 0 Å². The molecule has 4 rings (SSSR count). The minimum atomic E-state index is 0.244. The summed E-state index contributed by atoms with van der Waals surface area (Å²) >= 11 is 1.44. The number of hydrogen-bond donors (Lipinski definition) is 1. The van der Waals surface area contributed by atoms with Gasteiger partial charge in [-0.25, -0.2) is 4.98 Å². The SMILES string of the molecule is CCCCc1ccc(NC=C(C#N)c2nc(-c3ccc4c(c3)OCO4)cs2)cc1. The molecule has 0 spiro atoms. The summed E-state index contributed by atoms with van der Waals surface area (Å²) in [5.74, 6) is 1.46. The Bertz CT molecular complexity index is 1060. The second-order valence-electron chi connectivity index (χ2n) is 6.72. The van der Waals surface area contributed by atoms with Gasteiger partial charge in [-0.3, -0.25) is 0 Å². The number of thiazole rings is 1. The largest absolute Gasteiger partial charge is 0.454 e. The average molecular weight is 404 g/mol. The smallest absolute Gasteiger partial charge is 0.231 e. The molecule has 1 N–H and O–H groups in total. The van der Waals surface area contributed by atoms with Gasteiger partial charge in [-0.2, -0.15) is 5.26 Å². The van der Waals surface area contributed by atoms with Gasteiger partial charge in [0, 0.05) is 22.8 Å². The molecule has 0 fully saturated rings. The van der Waals surface area contributed by atoms with Crippen LogP contribution in [0.5, 0.6) is 11.5 Å². The van der Waals surface area contributed by atoms with Crippen LogP contribution in [0.15, 0.2) is 54.0 Å². The van der Waals surface area contributed by atoms with E-state index in [0.29, 0.717) is 10.6 Å². The lowest BCUT2D eigenvalue weighted by molar-refractivity contribution is 0.174. The first kappa shape index (κ1) is 19.0. The standard InChI is InChI=1S/C23H21N3O2S/c1-2-3-4-16-5-8-19(9-6-16)25-13-18(12-24)23-26-20(14-29-23)17-7-10-21-22(11-17)28-15-27-21/h5-11,13-14,25H,2-4,15H2,1H3. The number of hydrogen-bond acceptors (Lipinski definition) is 6. The fourth-order valence-corrected chi connectivity index (χ4v) is 3.83. The van der Waals surface area contributed by atoms with E-state index in [9.17, 15) is 5.26 Å². The number of allylic oxidation sites excluding steroid dienone is 1. The molecule has 6 heteroatoms. The van der Waals surface area contributed by atoms with Crippen LogP contribution in [0, 0.1) is 11.3 Å². The van der Waals surface area contributed by atoms with Gasteiger partial charge in [0.2, 0.25) is 6.79 Å². The second-order valence-corrected chi connectivity index (χ2v) is 7.58. The molecule has 0 atom stereocenters. The molecule has 2 aromatic carbocycles. The molecule has 1 aromatic heterocycles. The molecule has 0 unspecified atom stereocenters. The zero-order valence-electron chi connectivity index (χ0n) is 16.1. The number of aromatic nitrogens is 1. The molecule has 29 heavy (non-hydrogen) atoms. The van der Waals surface area contributed by atoms with Crippen molar-refractivity contribution in [1.29, 1.82) is 5.26 Å². The van der Waals surface area contributed by atoms with Gasteiger partial charge in [-0.15, -0.1) is 11.3 Å². The predicted octanol–water partition coefficient (Wildman–Crippen LogP) is 5.86. The van der Waals surface area contributed by atoms with E-state index in [1.807, 2.05) is 35.7 Å². The van der Waals surface area contributed by atoms with Gasteiger partial charge in [-0.05, 0) is 48.7 Å².